The monoisotopic (exact) mass is 274 g/mol. The lowest BCUT2D eigenvalue weighted by atomic mass is 10.3. The van der Waals surface area contributed by atoms with E-state index in [1.54, 1.807) is 38.5 Å². The SMILES string of the molecule is COc1ccc(OC(C)=O)cc1.COc1ccccc1. The van der Waals surface area contributed by atoms with Crippen LogP contribution in [0.3, 0.4) is 0 Å². The average molecular weight is 274 g/mol. The zero-order valence-corrected chi connectivity index (χ0v) is 11.8. The summed E-state index contributed by atoms with van der Waals surface area (Å²) in [6, 6.07) is 16.5. The number of esters is 1. The van der Waals surface area contributed by atoms with Gasteiger partial charge in [-0.25, -0.2) is 0 Å². The van der Waals surface area contributed by atoms with Crippen molar-refractivity contribution in [1.29, 1.82) is 0 Å². The van der Waals surface area contributed by atoms with Gasteiger partial charge in [-0.15, -0.1) is 0 Å². The van der Waals surface area contributed by atoms with Gasteiger partial charge in [0.2, 0.25) is 0 Å². The zero-order valence-electron chi connectivity index (χ0n) is 11.8. The second-order valence-electron chi connectivity index (χ2n) is 3.79. The fourth-order valence-electron chi connectivity index (χ4n) is 1.37. The number of carbonyl (C=O) groups excluding carboxylic acids is 1. The Hall–Kier alpha value is -2.49. The molecule has 0 aromatic heterocycles. The topological polar surface area (TPSA) is 44.8 Å². The number of carbonyl (C=O) groups is 1. The number of ether oxygens (including phenoxy) is 3. The highest BCUT2D eigenvalue weighted by molar-refractivity contribution is 5.69. The molecule has 0 heterocycles. The van der Waals surface area contributed by atoms with Crippen molar-refractivity contribution in [2.24, 2.45) is 0 Å². The Morgan fingerprint density at radius 2 is 1.20 bits per heavy atom. The highest BCUT2D eigenvalue weighted by Crippen LogP contribution is 2.16. The smallest absolute Gasteiger partial charge is 0.308 e. The van der Waals surface area contributed by atoms with Crippen LogP contribution in [0.15, 0.2) is 54.6 Å². The first-order valence-electron chi connectivity index (χ1n) is 6.07. The van der Waals surface area contributed by atoms with Crippen molar-refractivity contribution in [1.82, 2.24) is 0 Å². The van der Waals surface area contributed by atoms with Gasteiger partial charge in [-0.2, -0.15) is 0 Å². The fourth-order valence-corrected chi connectivity index (χ4v) is 1.37. The number of hydrogen-bond acceptors (Lipinski definition) is 4. The van der Waals surface area contributed by atoms with E-state index < -0.39 is 0 Å². The molecule has 0 saturated carbocycles. The molecule has 0 N–H and O–H groups in total. The van der Waals surface area contributed by atoms with Gasteiger partial charge in [0.15, 0.2) is 0 Å². The Labute approximate surface area is 118 Å². The molecule has 0 spiro atoms. The van der Waals surface area contributed by atoms with Gasteiger partial charge in [0.05, 0.1) is 14.2 Å². The molecule has 0 unspecified atom stereocenters. The second kappa shape index (κ2) is 8.58. The molecule has 2 rings (SSSR count). The summed E-state index contributed by atoms with van der Waals surface area (Å²) in [6.07, 6.45) is 0. The molecule has 0 aliphatic heterocycles. The molecule has 0 fully saturated rings. The van der Waals surface area contributed by atoms with Crippen LogP contribution in [0, 0.1) is 0 Å². The van der Waals surface area contributed by atoms with E-state index in [9.17, 15) is 4.79 Å². The molecule has 0 bridgehead atoms. The third kappa shape index (κ3) is 5.91. The van der Waals surface area contributed by atoms with Crippen molar-refractivity contribution in [3.63, 3.8) is 0 Å². The number of rotatable bonds is 3. The van der Waals surface area contributed by atoms with E-state index in [0.717, 1.165) is 11.5 Å². The molecule has 0 aliphatic rings. The second-order valence-corrected chi connectivity index (χ2v) is 3.79. The zero-order chi connectivity index (χ0) is 14.8. The number of para-hydroxylation sites is 1. The van der Waals surface area contributed by atoms with Crippen molar-refractivity contribution in [3.8, 4) is 17.2 Å². The molecule has 106 valence electrons. The van der Waals surface area contributed by atoms with Crippen LogP contribution in [-0.2, 0) is 4.79 Å². The van der Waals surface area contributed by atoms with E-state index in [0.29, 0.717) is 5.75 Å². The summed E-state index contributed by atoms with van der Waals surface area (Å²) >= 11 is 0. The van der Waals surface area contributed by atoms with Crippen LogP contribution in [-0.4, -0.2) is 20.2 Å². The Kier molecular flexibility index (Phi) is 6.68. The fraction of sp³-hybridized carbons (Fsp3) is 0.188. The lowest BCUT2D eigenvalue weighted by Crippen LogP contribution is -2.00. The maximum absolute atomic E-state index is 10.5. The normalized spacial score (nSPS) is 8.95. The van der Waals surface area contributed by atoms with Crippen molar-refractivity contribution >= 4 is 5.97 Å². The summed E-state index contributed by atoms with van der Waals surface area (Å²) in [5.41, 5.74) is 0. The first kappa shape index (κ1) is 15.6. The molecule has 2 aromatic carbocycles. The first-order valence-corrected chi connectivity index (χ1v) is 6.07. The van der Waals surface area contributed by atoms with Crippen molar-refractivity contribution in [2.75, 3.05) is 14.2 Å². The Bertz CT molecular complexity index is 506. The van der Waals surface area contributed by atoms with Crippen LogP contribution in [0.4, 0.5) is 0 Å². The summed E-state index contributed by atoms with van der Waals surface area (Å²) in [4.78, 5) is 10.5. The maximum Gasteiger partial charge on any atom is 0.308 e. The van der Waals surface area contributed by atoms with E-state index in [1.807, 2.05) is 30.3 Å². The summed E-state index contributed by atoms with van der Waals surface area (Å²) in [5, 5.41) is 0. The molecule has 2 aromatic rings. The van der Waals surface area contributed by atoms with Crippen LogP contribution in [0.1, 0.15) is 6.92 Å². The van der Waals surface area contributed by atoms with Gasteiger partial charge in [-0.3, -0.25) is 4.79 Å². The highest BCUT2D eigenvalue weighted by atomic mass is 16.5. The molecule has 0 radical (unpaired) electrons. The predicted octanol–water partition coefficient (Wildman–Crippen LogP) is 3.32. The third-order valence-electron chi connectivity index (χ3n) is 2.30. The predicted molar refractivity (Wildman–Crippen MR) is 77.3 cm³/mol. The molecule has 4 nitrogen and oxygen atoms in total. The Morgan fingerprint density at radius 1 is 0.750 bits per heavy atom. The largest absolute Gasteiger partial charge is 0.497 e. The maximum atomic E-state index is 10.5. The van der Waals surface area contributed by atoms with Crippen LogP contribution >= 0.6 is 0 Å². The van der Waals surface area contributed by atoms with Gasteiger partial charge < -0.3 is 14.2 Å². The van der Waals surface area contributed by atoms with Crippen molar-refractivity contribution < 1.29 is 19.0 Å². The highest BCUT2D eigenvalue weighted by Gasteiger charge is 1.96. The molecule has 4 heteroatoms. The van der Waals surface area contributed by atoms with E-state index in [4.69, 9.17) is 14.2 Å². The summed E-state index contributed by atoms with van der Waals surface area (Å²) in [5.74, 6) is 1.86. The van der Waals surface area contributed by atoms with Crippen LogP contribution in [0.2, 0.25) is 0 Å². The standard InChI is InChI=1S/C9H10O3.C7H8O/c1-7(10)12-9-5-3-8(11-2)4-6-9;1-8-7-5-3-2-4-6-7/h3-6H,1-2H3;2-6H,1H3. The number of methoxy groups -OCH3 is 2. The minimum Gasteiger partial charge on any atom is -0.497 e. The van der Waals surface area contributed by atoms with E-state index in [1.165, 1.54) is 6.92 Å². The quantitative estimate of drug-likeness (QED) is 0.636. The van der Waals surface area contributed by atoms with E-state index in [2.05, 4.69) is 0 Å². The molecule has 0 saturated heterocycles. The first-order chi connectivity index (χ1) is 9.65. The Morgan fingerprint density at radius 3 is 1.60 bits per heavy atom. The molecular formula is C16H18O4. The van der Waals surface area contributed by atoms with Crippen molar-refractivity contribution in [3.05, 3.63) is 54.6 Å². The van der Waals surface area contributed by atoms with Gasteiger partial charge in [0.25, 0.3) is 0 Å². The summed E-state index contributed by atoms with van der Waals surface area (Å²) in [7, 11) is 3.25. The van der Waals surface area contributed by atoms with Crippen LogP contribution in [0.25, 0.3) is 0 Å². The third-order valence-corrected chi connectivity index (χ3v) is 2.30. The van der Waals surface area contributed by atoms with E-state index in [-0.39, 0.29) is 5.97 Å². The molecule has 0 amide bonds. The summed E-state index contributed by atoms with van der Waals surface area (Å²) < 4.78 is 14.7. The Balaban J connectivity index is 0.000000217. The average Bonchev–Trinajstić information content (AvgIpc) is 2.49. The van der Waals surface area contributed by atoms with Crippen LogP contribution < -0.4 is 14.2 Å². The lowest BCUT2D eigenvalue weighted by molar-refractivity contribution is -0.131. The minimum absolute atomic E-state index is 0.319. The van der Waals surface area contributed by atoms with Gasteiger partial charge in [-0.1, -0.05) is 18.2 Å². The van der Waals surface area contributed by atoms with Gasteiger partial charge in [0, 0.05) is 6.92 Å². The molecule has 20 heavy (non-hydrogen) atoms. The van der Waals surface area contributed by atoms with Crippen LogP contribution in [0.5, 0.6) is 17.2 Å². The molecule has 0 atom stereocenters. The minimum atomic E-state index is -0.319. The summed E-state index contributed by atoms with van der Waals surface area (Å²) in [6.45, 7) is 1.37. The number of hydrogen-bond donors (Lipinski definition) is 0. The van der Waals surface area contributed by atoms with Gasteiger partial charge in [-0.05, 0) is 36.4 Å². The molecule has 0 aliphatic carbocycles. The van der Waals surface area contributed by atoms with E-state index >= 15 is 0 Å². The number of benzene rings is 2. The molecular weight excluding hydrogens is 256 g/mol. The van der Waals surface area contributed by atoms with Gasteiger partial charge >= 0.3 is 5.97 Å². The lowest BCUT2D eigenvalue weighted by Gasteiger charge is -2.01. The van der Waals surface area contributed by atoms with Gasteiger partial charge in [0.1, 0.15) is 17.2 Å². The van der Waals surface area contributed by atoms with Crippen molar-refractivity contribution in [2.45, 2.75) is 6.92 Å².